The van der Waals surface area contributed by atoms with Crippen molar-refractivity contribution in [2.75, 3.05) is 10.6 Å². The van der Waals surface area contributed by atoms with Crippen LogP contribution >= 0.6 is 27.7 Å². The van der Waals surface area contributed by atoms with E-state index in [4.69, 9.17) is 4.42 Å². The van der Waals surface area contributed by atoms with Gasteiger partial charge in [-0.25, -0.2) is 0 Å². The zero-order valence-electron chi connectivity index (χ0n) is 21.0. The van der Waals surface area contributed by atoms with Crippen molar-refractivity contribution in [2.45, 2.75) is 23.5 Å². The highest BCUT2D eigenvalue weighted by Gasteiger charge is 2.19. The molecule has 39 heavy (non-hydrogen) atoms. The molecule has 3 N–H and O–H groups in total. The van der Waals surface area contributed by atoms with Crippen LogP contribution in [-0.2, 0) is 9.59 Å². The van der Waals surface area contributed by atoms with Gasteiger partial charge in [-0.2, -0.15) is 0 Å². The second-order valence-corrected chi connectivity index (χ2v) is 10.6. The normalized spacial score (nSPS) is 11.9. The first-order chi connectivity index (χ1) is 18.9. The van der Waals surface area contributed by atoms with Gasteiger partial charge < -0.3 is 20.4 Å². The van der Waals surface area contributed by atoms with E-state index in [2.05, 4.69) is 31.9 Å². The number of carbonyl (C=O) groups is 3. The molecule has 7 nitrogen and oxygen atoms in total. The molecule has 4 rings (SSSR count). The molecule has 0 saturated heterocycles. The summed E-state index contributed by atoms with van der Waals surface area (Å²) in [5.74, 6) is -0.625. The number of halogens is 1. The number of hydrogen-bond acceptors (Lipinski definition) is 5. The van der Waals surface area contributed by atoms with Gasteiger partial charge in [0.05, 0.1) is 11.5 Å². The van der Waals surface area contributed by atoms with Crippen LogP contribution in [-0.4, -0.2) is 23.0 Å². The number of furan rings is 1. The average molecular weight is 605 g/mol. The maximum absolute atomic E-state index is 13.2. The predicted octanol–water partition coefficient (Wildman–Crippen LogP) is 6.96. The van der Waals surface area contributed by atoms with Gasteiger partial charge in [0.1, 0.15) is 11.5 Å². The minimum absolute atomic E-state index is 0.0252. The number of rotatable bonds is 10. The average Bonchev–Trinajstić information content (AvgIpc) is 3.46. The van der Waals surface area contributed by atoms with Crippen molar-refractivity contribution in [3.05, 3.63) is 119 Å². The number of amides is 3. The Balaban J connectivity index is 1.46. The first kappa shape index (κ1) is 27.9. The fourth-order valence-corrected chi connectivity index (χ4v) is 4.82. The molecule has 1 aromatic heterocycles. The van der Waals surface area contributed by atoms with Crippen LogP contribution in [0.25, 0.3) is 6.08 Å². The van der Waals surface area contributed by atoms with E-state index in [1.165, 1.54) is 24.1 Å². The molecule has 0 saturated carbocycles. The van der Waals surface area contributed by atoms with E-state index in [1.807, 2.05) is 43.3 Å². The zero-order valence-corrected chi connectivity index (χ0v) is 23.4. The molecule has 1 atom stereocenters. The van der Waals surface area contributed by atoms with Crippen LogP contribution in [0.1, 0.15) is 29.5 Å². The van der Waals surface area contributed by atoms with Gasteiger partial charge in [-0.05, 0) is 73.2 Å². The van der Waals surface area contributed by atoms with E-state index >= 15 is 0 Å². The van der Waals surface area contributed by atoms with Crippen LogP contribution in [0.4, 0.5) is 11.4 Å². The highest BCUT2D eigenvalue weighted by Crippen LogP contribution is 2.29. The number of anilines is 2. The van der Waals surface area contributed by atoms with Crippen molar-refractivity contribution >= 4 is 62.9 Å². The Kier molecular flexibility index (Phi) is 9.77. The van der Waals surface area contributed by atoms with Crippen LogP contribution in [0.5, 0.6) is 0 Å². The van der Waals surface area contributed by atoms with Gasteiger partial charge in [0.25, 0.3) is 11.8 Å². The summed E-state index contributed by atoms with van der Waals surface area (Å²) in [4.78, 5) is 39.7. The first-order valence-corrected chi connectivity index (χ1v) is 13.8. The smallest absolute Gasteiger partial charge is 0.272 e. The van der Waals surface area contributed by atoms with Crippen LogP contribution in [0.2, 0.25) is 0 Å². The summed E-state index contributed by atoms with van der Waals surface area (Å²) in [6.45, 7) is 1.95. The van der Waals surface area contributed by atoms with E-state index in [0.29, 0.717) is 23.4 Å². The van der Waals surface area contributed by atoms with E-state index in [-0.39, 0.29) is 16.9 Å². The third-order valence-electron chi connectivity index (χ3n) is 5.50. The van der Waals surface area contributed by atoms with Crippen molar-refractivity contribution in [3.63, 3.8) is 0 Å². The molecule has 0 spiro atoms. The molecule has 9 heteroatoms. The molecule has 1 heterocycles. The van der Waals surface area contributed by atoms with Crippen LogP contribution in [0.3, 0.4) is 0 Å². The summed E-state index contributed by atoms with van der Waals surface area (Å²) >= 11 is 4.80. The number of benzene rings is 3. The van der Waals surface area contributed by atoms with Crippen molar-refractivity contribution in [1.29, 1.82) is 0 Å². The SMILES string of the molecule is CCC(Sc1cccc(NC(=O)/C(=C/c2ccco2)NC(=O)c2ccccc2)c1)C(=O)Nc1ccc(Br)cc1. The van der Waals surface area contributed by atoms with Gasteiger partial charge >= 0.3 is 0 Å². The number of nitrogens with one attached hydrogen (secondary N) is 3. The Labute approximate surface area is 239 Å². The van der Waals surface area contributed by atoms with Crippen molar-refractivity contribution in [3.8, 4) is 0 Å². The quantitative estimate of drug-likeness (QED) is 0.134. The van der Waals surface area contributed by atoms with Crippen LogP contribution in [0.15, 0.2) is 117 Å². The Hall–Kier alpha value is -4.08. The molecule has 0 radical (unpaired) electrons. The van der Waals surface area contributed by atoms with Crippen molar-refractivity contribution in [1.82, 2.24) is 5.32 Å². The minimum atomic E-state index is -0.516. The molecule has 0 fully saturated rings. The Morgan fingerprint density at radius 2 is 1.67 bits per heavy atom. The Morgan fingerprint density at radius 1 is 0.897 bits per heavy atom. The fourth-order valence-electron chi connectivity index (χ4n) is 3.55. The summed E-state index contributed by atoms with van der Waals surface area (Å²) < 4.78 is 6.28. The van der Waals surface area contributed by atoms with Gasteiger partial charge in [-0.3, -0.25) is 14.4 Å². The summed E-state index contributed by atoms with van der Waals surface area (Å²) in [7, 11) is 0. The standard InChI is InChI=1S/C30H26BrN3O4S/c1-2-27(30(37)32-22-15-13-21(31)14-16-22)39-25-12-6-10-23(18-25)33-29(36)26(19-24-11-7-17-38-24)34-28(35)20-8-4-3-5-9-20/h3-19,27H,2H2,1H3,(H,32,37)(H,33,36)(H,34,35)/b26-19-. The van der Waals surface area contributed by atoms with Gasteiger partial charge in [-0.15, -0.1) is 11.8 Å². The van der Waals surface area contributed by atoms with Gasteiger partial charge in [0.15, 0.2) is 0 Å². The maximum Gasteiger partial charge on any atom is 0.272 e. The third kappa shape index (κ3) is 8.20. The molecular formula is C30H26BrN3O4S. The van der Waals surface area contributed by atoms with Gasteiger partial charge in [-0.1, -0.05) is 47.1 Å². The van der Waals surface area contributed by atoms with E-state index in [0.717, 1.165) is 15.1 Å². The highest BCUT2D eigenvalue weighted by molar-refractivity contribution is 9.10. The van der Waals surface area contributed by atoms with Gasteiger partial charge in [0, 0.05) is 32.4 Å². The Bertz CT molecular complexity index is 1460. The lowest BCUT2D eigenvalue weighted by Crippen LogP contribution is -2.30. The van der Waals surface area contributed by atoms with Crippen molar-refractivity contribution in [2.24, 2.45) is 0 Å². The summed E-state index contributed by atoms with van der Waals surface area (Å²) in [6, 6.07) is 26.6. The molecule has 0 aliphatic rings. The predicted molar refractivity (Wildman–Crippen MR) is 158 cm³/mol. The molecule has 1 unspecified atom stereocenters. The fraction of sp³-hybridized carbons (Fsp3) is 0.100. The molecule has 0 aliphatic heterocycles. The van der Waals surface area contributed by atoms with E-state index in [9.17, 15) is 14.4 Å². The second kappa shape index (κ2) is 13.6. The molecule has 4 aromatic rings. The molecule has 3 amide bonds. The number of thioether (sulfide) groups is 1. The number of hydrogen-bond donors (Lipinski definition) is 3. The topological polar surface area (TPSA) is 100 Å². The van der Waals surface area contributed by atoms with E-state index in [1.54, 1.807) is 54.6 Å². The monoisotopic (exact) mass is 603 g/mol. The maximum atomic E-state index is 13.2. The second-order valence-electron chi connectivity index (χ2n) is 8.39. The molecule has 3 aromatic carbocycles. The minimum Gasteiger partial charge on any atom is -0.465 e. The zero-order chi connectivity index (χ0) is 27.6. The lowest BCUT2D eigenvalue weighted by Gasteiger charge is -2.16. The summed E-state index contributed by atoms with van der Waals surface area (Å²) in [5.41, 5.74) is 1.68. The molecule has 198 valence electrons. The van der Waals surface area contributed by atoms with E-state index < -0.39 is 11.8 Å². The Morgan fingerprint density at radius 3 is 2.36 bits per heavy atom. The van der Waals surface area contributed by atoms with Crippen LogP contribution in [0, 0.1) is 0 Å². The number of carbonyl (C=O) groups excluding carboxylic acids is 3. The lowest BCUT2D eigenvalue weighted by atomic mass is 10.2. The van der Waals surface area contributed by atoms with Crippen LogP contribution < -0.4 is 16.0 Å². The largest absolute Gasteiger partial charge is 0.465 e. The highest BCUT2D eigenvalue weighted by atomic mass is 79.9. The molecular weight excluding hydrogens is 578 g/mol. The third-order valence-corrected chi connectivity index (χ3v) is 7.39. The lowest BCUT2D eigenvalue weighted by molar-refractivity contribution is -0.116. The van der Waals surface area contributed by atoms with Crippen molar-refractivity contribution < 1.29 is 18.8 Å². The van der Waals surface area contributed by atoms with Gasteiger partial charge in [0.2, 0.25) is 5.91 Å². The molecule has 0 bridgehead atoms. The summed E-state index contributed by atoms with van der Waals surface area (Å²) in [5, 5.41) is 8.13. The summed E-state index contributed by atoms with van der Waals surface area (Å²) in [6.07, 6.45) is 3.57. The first-order valence-electron chi connectivity index (χ1n) is 12.2. The molecule has 0 aliphatic carbocycles.